The van der Waals surface area contributed by atoms with Crippen LogP contribution in [0.2, 0.25) is 0 Å². The Bertz CT molecular complexity index is 3550. The van der Waals surface area contributed by atoms with Crippen LogP contribution < -0.4 is 16.0 Å². The number of benzene rings is 3. The van der Waals surface area contributed by atoms with Crippen molar-refractivity contribution in [3.8, 4) is 31.3 Å². The summed E-state index contributed by atoms with van der Waals surface area (Å²) in [5, 5.41) is 9.90. The van der Waals surface area contributed by atoms with E-state index in [0.717, 1.165) is 75.6 Å². The summed E-state index contributed by atoms with van der Waals surface area (Å²) in [6, 6.07) is 12.7. The Kier molecular flexibility index (Phi) is 17.5. The van der Waals surface area contributed by atoms with E-state index in [1.54, 1.807) is 24.3 Å². The van der Waals surface area contributed by atoms with Crippen LogP contribution in [0.15, 0.2) is 51.1 Å². The van der Waals surface area contributed by atoms with E-state index in [9.17, 15) is 37.2 Å². The van der Waals surface area contributed by atoms with E-state index in [1.807, 2.05) is 66.0 Å². The third-order valence-corrected chi connectivity index (χ3v) is 22.3. The molecule has 0 spiro atoms. The number of rotatable bonds is 15. The van der Waals surface area contributed by atoms with Gasteiger partial charge in [-0.05, 0) is 174 Å². The monoisotopic (exact) mass is 1240 g/mol. The molecule has 3 aromatic heterocycles. The Morgan fingerprint density at radius 3 is 1.08 bits per heavy atom. The van der Waals surface area contributed by atoms with Gasteiger partial charge in [-0.3, -0.25) is 37.2 Å². The number of aryl methyl sites for hydroxylation is 3. The van der Waals surface area contributed by atoms with Gasteiger partial charge in [0.25, 0.3) is 17.7 Å². The molecule has 5 atom stereocenters. The molecule has 0 bridgehead atoms. The topological polar surface area (TPSA) is 221 Å². The Labute approximate surface area is 505 Å². The molecule has 0 unspecified atom stereocenters. The largest absolute Gasteiger partial charge is 0.331 e. The van der Waals surface area contributed by atoms with Crippen molar-refractivity contribution in [3.63, 3.8) is 0 Å². The van der Waals surface area contributed by atoms with Crippen molar-refractivity contribution >= 4 is 118 Å². The molecule has 23 heteroatoms. The minimum Gasteiger partial charge on any atom is -0.331 e. The molecule has 3 fully saturated rings. The number of hydrogen-bond donors (Lipinski definition) is 3. The SMILES string of the molecule is CC(=O)Nc1nc(C)c(-c2cc3c(c([S@@](C)=O)c2)C(=O)N([C@@H](C)C2CC2)C3)s1.CC(=O)Nc1nc(C)c(-c2cc3c(c([S@](C)=O)c2)C(=O)N([C@@H](C)C2CC2)C3)s1.CSc1cc(-c2sc(NC(C)=O)nc2C)cc2c1C(=O)N([C@@H](C)C1CC1)C2. The molecule has 6 aliphatic rings. The second kappa shape index (κ2) is 24.2. The van der Waals surface area contributed by atoms with Crippen molar-refractivity contribution in [3.05, 3.63) is 86.9 Å². The number of amides is 6. The zero-order chi connectivity index (χ0) is 59.6. The molecule has 438 valence electrons. The third kappa shape index (κ3) is 12.7. The standard InChI is InChI=1S/2C20H23N3O3S2.C20H23N3O2S2/c2*1-10-18(27-20(21-10)22-12(3)24)14-7-15-9-23(11(2)13-5-6-13)19(25)17(15)16(8-14)28(4)26;1-10-18(27-20(21-10)22-12(3)24)14-7-15-9-23(11(2)13-5-6-13)19(25)17(15)16(8-14)26-4/h2*7-8,11,13H,5-6,9H2,1-4H3,(H,21,22,24);7-8,11,13H,5-6,9H2,1-4H3,(H,21,22,24)/t11-,28+;11-,28-;11-/m000/s1. The highest BCUT2D eigenvalue weighted by atomic mass is 32.2. The lowest BCUT2D eigenvalue weighted by molar-refractivity contribution is -0.115. The molecule has 0 saturated heterocycles. The molecule has 6 amide bonds. The normalized spacial score (nSPS) is 17.8. The zero-order valence-electron chi connectivity index (χ0n) is 48.7. The third-order valence-electron chi connectivity index (χ3n) is 16.2. The average Bonchev–Trinajstić information content (AvgIpc) is 3.73. The van der Waals surface area contributed by atoms with E-state index in [4.69, 9.17) is 0 Å². The number of thioether (sulfide) groups is 1. The van der Waals surface area contributed by atoms with Gasteiger partial charge < -0.3 is 30.7 Å². The van der Waals surface area contributed by atoms with Crippen molar-refractivity contribution < 1.29 is 37.2 Å². The maximum absolute atomic E-state index is 13.1. The summed E-state index contributed by atoms with van der Waals surface area (Å²) in [5.41, 5.74) is 10.4. The Balaban J connectivity index is 0.000000139. The van der Waals surface area contributed by atoms with Crippen molar-refractivity contribution in [2.75, 3.05) is 34.7 Å². The number of nitrogens with zero attached hydrogens (tertiary/aromatic N) is 6. The predicted octanol–water partition coefficient (Wildman–Crippen LogP) is 11.7. The lowest BCUT2D eigenvalue weighted by atomic mass is 10.0. The maximum Gasteiger partial charge on any atom is 0.255 e. The number of fused-ring (bicyclic) bond motifs is 3. The van der Waals surface area contributed by atoms with Crippen LogP contribution in [0.3, 0.4) is 0 Å². The molecule has 3 aliphatic heterocycles. The van der Waals surface area contributed by atoms with E-state index in [1.165, 1.54) is 93.3 Å². The first-order valence-electron chi connectivity index (χ1n) is 27.8. The molecule has 83 heavy (non-hydrogen) atoms. The summed E-state index contributed by atoms with van der Waals surface area (Å²) in [6.45, 7) is 18.3. The molecule has 6 heterocycles. The van der Waals surface area contributed by atoms with Crippen LogP contribution in [0.4, 0.5) is 15.4 Å². The first-order chi connectivity index (χ1) is 39.4. The van der Waals surface area contributed by atoms with E-state index in [0.29, 0.717) is 79.7 Å². The Morgan fingerprint density at radius 1 is 0.518 bits per heavy atom. The van der Waals surface area contributed by atoms with Crippen LogP contribution in [0.1, 0.15) is 145 Å². The summed E-state index contributed by atoms with van der Waals surface area (Å²) in [4.78, 5) is 97.4. The molecule has 0 radical (unpaired) electrons. The molecule has 3 aromatic carbocycles. The quantitative estimate of drug-likeness (QED) is 0.0818. The number of aromatic nitrogens is 3. The summed E-state index contributed by atoms with van der Waals surface area (Å²) in [6.07, 6.45) is 12.4. The number of carbonyl (C=O) groups is 6. The molecule has 3 N–H and O–H groups in total. The Morgan fingerprint density at radius 2 is 0.807 bits per heavy atom. The van der Waals surface area contributed by atoms with Crippen molar-refractivity contribution in [1.29, 1.82) is 0 Å². The molecule has 3 saturated carbocycles. The predicted molar refractivity (Wildman–Crippen MR) is 332 cm³/mol. The molecular weight excluding hydrogens is 1170 g/mol. The van der Waals surface area contributed by atoms with Gasteiger partial charge in [0.15, 0.2) is 15.4 Å². The van der Waals surface area contributed by atoms with Gasteiger partial charge >= 0.3 is 0 Å². The van der Waals surface area contributed by atoms with Gasteiger partial charge in [-0.1, -0.05) is 34.0 Å². The van der Waals surface area contributed by atoms with E-state index in [-0.39, 0.29) is 47.5 Å². The van der Waals surface area contributed by atoms with Gasteiger partial charge in [0.2, 0.25) is 17.7 Å². The fourth-order valence-electron chi connectivity index (χ4n) is 11.4. The van der Waals surface area contributed by atoms with Gasteiger partial charge in [0.05, 0.1) is 79.8 Å². The first-order valence-corrected chi connectivity index (χ1v) is 34.6. The smallest absolute Gasteiger partial charge is 0.255 e. The van der Waals surface area contributed by atoms with Gasteiger partial charge in [-0.15, -0.1) is 11.8 Å². The minimum atomic E-state index is -1.28. The van der Waals surface area contributed by atoms with Crippen LogP contribution in [0, 0.1) is 38.5 Å². The highest BCUT2D eigenvalue weighted by molar-refractivity contribution is 7.98. The number of hydrogen-bond acceptors (Lipinski definition) is 15. The average molecular weight is 1240 g/mol. The highest BCUT2D eigenvalue weighted by Gasteiger charge is 2.43. The lowest BCUT2D eigenvalue weighted by Gasteiger charge is -2.24. The molecule has 3 aliphatic carbocycles. The van der Waals surface area contributed by atoms with Gasteiger partial charge in [-0.2, -0.15) is 0 Å². The van der Waals surface area contributed by atoms with Crippen LogP contribution in [0.25, 0.3) is 31.3 Å². The van der Waals surface area contributed by atoms with Crippen molar-refractivity contribution in [2.45, 2.75) is 153 Å². The maximum atomic E-state index is 13.1. The summed E-state index contributed by atoms with van der Waals surface area (Å²) in [7, 11) is -2.56. The number of carbonyl (C=O) groups excluding carboxylic acids is 6. The van der Waals surface area contributed by atoms with E-state index < -0.39 is 21.6 Å². The molecular formula is C60H69N9O8S6. The molecule has 6 aromatic rings. The van der Waals surface area contributed by atoms with Gasteiger partial charge in [0, 0.05) is 75.9 Å². The van der Waals surface area contributed by atoms with E-state index in [2.05, 4.69) is 63.8 Å². The fraction of sp³-hybridized carbons (Fsp3) is 0.450. The minimum absolute atomic E-state index is 0.00823. The van der Waals surface area contributed by atoms with Crippen LogP contribution in [0.5, 0.6) is 0 Å². The number of nitrogens with one attached hydrogen (secondary N) is 3. The van der Waals surface area contributed by atoms with Crippen LogP contribution in [-0.4, -0.2) is 110 Å². The van der Waals surface area contributed by atoms with Crippen molar-refractivity contribution in [2.24, 2.45) is 17.8 Å². The molecule has 12 rings (SSSR count). The zero-order valence-corrected chi connectivity index (χ0v) is 53.6. The van der Waals surface area contributed by atoms with Crippen molar-refractivity contribution in [1.82, 2.24) is 29.7 Å². The first kappa shape index (κ1) is 60.2. The Hall–Kier alpha value is -5.98. The molecule has 17 nitrogen and oxygen atoms in total. The second-order valence-electron chi connectivity index (χ2n) is 22.5. The lowest BCUT2D eigenvalue weighted by Crippen LogP contribution is -2.34. The number of anilines is 3. The highest BCUT2D eigenvalue weighted by Crippen LogP contribution is 2.46. The number of thiazole rings is 3. The van der Waals surface area contributed by atoms with Gasteiger partial charge in [0.1, 0.15) is 0 Å². The summed E-state index contributed by atoms with van der Waals surface area (Å²) >= 11 is 5.87. The fourth-order valence-corrected chi connectivity index (χ4v) is 16.7. The van der Waals surface area contributed by atoms with E-state index >= 15 is 0 Å². The second-order valence-corrected chi connectivity index (χ2v) is 29.1. The van der Waals surface area contributed by atoms with Crippen LogP contribution in [-0.2, 0) is 55.6 Å². The summed E-state index contributed by atoms with van der Waals surface area (Å²) < 4.78 is 24.9. The van der Waals surface area contributed by atoms with Crippen LogP contribution >= 0.6 is 45.8 Å². The van der Waals surface area contributed by atoms with Gasteiger partial charge in [-0.25, -0.2) is 15.0 Å². The summed E-state index contributed by atoms with van der Waals surface area (Å²) in [5.74, 6) is 1.51.